The Morgan fingerprint density at radius 3 is 2.57 bits per heavy atom. The van der Waals surface area contributed by atoms with Gasteiger partial charge in [-0.1, -0.05) is 29.4 Å². The summed E-state index contributed by atoms with van der Waals surface area (Å²) in [6, 6.07) is 13.1. The average Bonchev–Trinajstić information content (AvgIpc) is 3.55. The van der Waals surface area contributed by atoms with Gasteiger partial charge in [-0.05, 0) is 49.4 Å². The fourth-order valence-corrected chi connectivity index (χ4v) is 3.78. The molecule has 1 aromatic heterocycles. The number of esters is 1. The van der Waals surface area contributed by atoms with E-state index in [0.29, 0.717) is 33.8 Å². The van der Waals surface area contributed by atoms with Crippen molar-refractivity contribution < 1.29 is 28.7 Å². The molecule has 1 unspecified atom stereocenters. The predicted octanol–water partition coefficient (Wildman–Crippen LogP) is 3.44. The van der Waals surface area contributed by atoms with Crippen LogP contribution in [0.3, 0.4) is 0 Å². The molecule has 0 bridgehead atoms. The van der Waals surface area contributed by atoms with Gasteiger partial charge in [0.2, 0.25) is 5.82 Å². The highest BCUT2D eigenvalue weighted by atomic mass is 16.5. The number of hydrogen-bond donors (Lipinski definition) is 2. The first-order valence-corrected chi connectivity index (χ1v) is 11.2. The Morgan fingerprint density at radius 2 is 1.89 bits per heavy atom. The molecule has 2 aromatic carbocycles. The summed E-state index contributed by atoms with van der Waals surface area (Å²) in [7, 11) is 0. The number of benzene rings is 2. The van der Waals surface area contributed by atoms with Crippen molar-refractivity contribution in [3.8, 4) is 34.7 Å². The molecular weight excluding hydrogens is 452 g/mol. The van der Waals surface area contributed by atoms with Crippen LogP contribution in [0.25, 0.3) is 22.8 Å². The number of carbonyl (C=O) groups is 2. The number of aliphatic carboxylic acids is 1. The fraction of sp³-hybridized carbons (Fsp3) is 0.320. The summed E-state index contributed by atoms with van der Waals surface area (Å²) < 4.78 is 16.4. The number of carboxylic acid groups (broad SMARTS) is 1. The van der Waals surface area contributed by atoms with Crippen LogP contribution < -0.4 is 10.5 Å². The summed E-state index contributed by atoms with van der Waals surface area (Å²) in [5.74, 6) is -0.764. The molecule has 0 saturated heterocycles. The third-order valence-electron chi connectivity index (χ3n) is 5.66. The molecule has 0 aliphatic heterocycles. The Hall–Kier alpha value is -4.23. The lowest BCUT2D eigenvalue weighted by molar-refractivity contribution is -0.150. The maximum Gasteiger partial charge on any atom is 0.323 e. The number of aromatic nitrogens is 2. The number of carbonyl (C=O) groups excluding carboxylic acids is 1. The highest BCUT2D eigenvalue weighted by molar-refractivity contribution is 5.81. The Balaban J connectivity index is 1.40. The lowest BCUT2D eigenvalue weighted by Gasteiger charge is -2.14. The minimum absolute atomic E-state index is 0.0455. The normalized spacial score (nSPS) is 14.3. The van der Waals surface area contributed by atoms with Gasteiger partial charge < -0.3 is 24.8 Å². The van der Waals surface area contributed by atoms with E-state index in [1.54, 1.807) is 42.5 Å². The van der Waals surface area contributed by atoms with Gasteiger partial charge in [0.1, 0.15) is 24.5 Å². The summed E-state index contributed by atoms with van der Waals surface area (Å²) in [5, 5.41) is 22.3. The third-order valence-corrected chi connectivity index (χ3v) is 5.66. The molecule has 1 aliphatic rings. The Labute approximate surface area is 201 Å². The molecule has 1 atom stereocenters. The molecule has 10 heteroatoms. The molecule has 1 saturated carbocycles. The van der Waals surface area contributed by atoms with Gasteiger partial charge in [0.25, 0.3) is 5.89 Å². The number of nitrogens with two attached hydrogens (primary N) is 1. The van der Waals surface area contributed by atoms with Crippen molar-refractivity contribution in [1.29, 1.82) is 5.26 Å². The zero-order chi connectivity index (χ0) is 24.8. The molecule has 4 rings (SSSR count). The molecule has 1 aliphatic carbocycles. The zero-order valence-electron chi connectivity index (χ0n) is 18.8. The molecule has 35 heavy (non-hydrogen) atoms. The van der Waals surface area contributed by atoms with Crippen LogP contribution in [0, 0.1) is 11.3 Å². The Morgan fingerprint density at radius 1 is 1.17 bits per heavy atom. The number of rotatable bonds is 9. The van der Waals surface area contributed by atoms with E-state index in [1.165, 1.54) is 0 Å². The number of hydrogen-bond acceptors (Lipinski definition) is 9. The zero-order valence-corrected chi connectivity index (χ0v) is 18.8. The van der Waals surface area contributed by atoms with Crippen LogP contribution >= 0.6 is 0 Å². The van der Waals surface area contributed by atoms with Crippen molar-refractivity contribution in [3.63, 3.8) is 0 Å². The van der Waals surface area contributed by atoms with E-state index in [-0.39, 0.29) is 18.6 Å². The van der Waals surface area contributed by atoms with Crippen molar-refractivity contribution in [1.82, 2.24) is 10.1 Å². The van der Waals surface area contributed by atoms with Crippen molar-refractivity contribution >= 4 is 11.9 Å². The fourth-order valence-electron chi connectivity index (χ4n) is 3.78. The topological polar surface area (TPSA) is 162 Å². The van der Waals surface area contributed by atoms with Gasteiger partial charge in [0, 0.05) is 11.1 Å². The molecule has 0 spiro atoms. The van der Waals surface area contributed by atoms with Crippen molar-refractivity contribution in [2.45, 2.75) is 50.9 Å². The average molecular weight is 476 g/mol. The Kier molecular flexibility index (Phi) is 7.38. The van der Waals surface area contributed by atoms with Crippen LogP contribution in [0.5, 0.6) is 5.75 Å². The summed E-state index contributed by atoms with van der Waals surface area (Å²) in [4.78, 5) is 26.8. The summed E-state index contributed by atoms with van der Waals surface area (Å²) in [6.45, 7) is -0.0455. The predicted molar refractivity (Wildman–Crippen MR) is 123 cm³/mol. The highest BCUT2D eigenvalue weighted by Crippen LogP contribution is 2.30. The van der Waals surface area contributed by atoms with Crippen molar-refractivity contribution in [2.75, 3.05) is 0 Å². The Bertz CT molecular complexity index is 1240. The second kappa shape index (κ2) is 10.8. The molecule has 0 amide bonds. The van der Waals surface area contributed by atoms with Crippen LogP contribution in [0.15, 0.2) is 47.0 Å². The largest absolute Gasteiger partial charge is 0.489 e. The van der Waals surface area contributed by atoms with Gasteiger partial charge in [0.05, 0.1) is 18.1 Å². The van der Waals surface area contributed by atoms with Crippen LogP contribution in [-0.4, -0.2) is 39.3 Å². The summed E-state index contributed by atoms with van der Waals surface area (Å²) in [6.07, 6.45) is 3.93. The molecule has 0 radical (unpaired) electrons. The van der Waals surface area contributed by atoms with Gasteiger partial charge in [-0.3, -0.25) is 9.59 Å². The van der Waals surface area contributed by atoms with E-state index in [9.17, 15) is 14.9 Å². The van der Waals surface area contributed by atoms with E-state index in [1.807, 2.05) is 0 Å². The second-order valence-electron chi connectivity index (χ2n) is 8.28. The van der Waals surface area contributed by atoms with Gasteiger partial charge in [-0.25, -0.2) is 0 Å². The molecule has 1 heterocycles. The first-order chi connectivity index (χ1) is 16.9. The van der Waals surface area contributed by atoms with Gasteiger partial charge in [-0.15, -0.1) is 0 Å². The quantitative estimate of drug-likeness (QED) is 0.437. The standard InChI is InChI=1S/C25H24N4O6/c26-13-18-11-17(9-10-21(18)34-19-3-1-2-4-19)24-28-23(29-35-24)16-7-5-15(6-8-16)14-33-25(32)20(27)12-22(30)31/h5-11,19-20H,1-4,12,14,27H2,(H,30,31). The van der Waals surface area contributed by atoms with E-state index >= 15 is 0 Å². The first-order valence-electron chi connectivity index (χ1n) is 11.2. The summed E-state index contributed by atoms with van der Waals surface area (Å²) in [5.41, 5.74) is 7.88. The molecule has 3 aromatic rings. The molecular formula is C25H24N4O6. The molecule has 1 fully saturated rings. The van der Waals surface area contributed by atoms with Gasteiger partial charge >= 0.3 is 11.9 Å². The van der Waals surface area contributed by atoms with Crippen LogP contribution in [0.2, 0.25) is 0 Å². The monoisotopic (exact) mass is 476 g/mol. The number of ether oxygens (including phenoxy) is 2. The lowest BCUT2D eigenvalue weighted by atomic mass is 10.1. The van der Waals surface area contributed by atoms with E-state index < -0.39 is 24.4 Å². The van der Waals surface area contributed by atoms with Crippen LogP contribution in [0.1, 0.15) is 43.2 Å². The lowest BCUT2D eigenvalue weighted by Crippen LogP contribution is -2.34. The van der Waals surface area contributed by atoms with Crippen molar-refractivity contribution in [2.24, 2.45) is 5.73 Å². The SMILES string of the molecule is N#Cc1cc(-c2nc(-c3ccc(COC(=O)C(N)CC(=O)O)cc3)no2)ccc1OC1CCCC1. The number of nitrogens with zero attached hydrogens (tertiary/aromatic N) is 3. The maximum atomic E-state index is 11.8. The molecule has 3 N–H and O–H groups in total. The number of carboxylic acids is 1. The van der Waals surface area contributed by atoms with E-state index in [2.05, 4.69) is 16.2 Å². The van der Waals surface area contributed by atoms with E-state index in [0.717, 1.165) is 25.7 Å². The van der Waals surface area contributed by atoms with Crippen LogP contribution in [-0.2, 0) is 20.9 Å². The molecule has 10 nitrogen and oxygen atoms in total. The summed E-state index contributed by atoms with van der Waals surface area (Å²) >= 11 is 0. The highest BCUT2D eigenvalue weighted by Gasteiger charge is 2.20. The third kappa shape index (κ3) is 6.02. The minimum Gasteiger partial charge on any atom is -0.489 e. The maximum absolute atomic E-state index is 11.8. The van der Waals surface area contributed by atoms with Gasteiger partial charge in [0.15, 0.2) is 0 Å². The van der Waals surface area contributed by atoms with Gasteiger partial charge in [-0.2, -0.15) is 10.2 Å². The smallest absolute Gasteiger partial charge is 0.323 e. The van der Waals surface area contributed by atoms with Crippen molar-refractivity contribution in [3.05, 3.63) is 53.6 Å². The first kappa shape index (κ1) is 23.9. The second-order valence-corrected chi connectivity index (χ2v) is 8.28. The minimum atomic E-state index is -1.21. The number of nitriles is 1. The van der Waals surface area contributed by atoms with Crippen LogP contribution in [0.4, 0.5) is 0 Å². The van der Waals surface area contributed by atoms with E-state index in [4.69, 9.17) is 24.8 Å². The molecule has 180 valence electrons.